The van der Waals surface area contributed by atoms with Crippen LogP contribution in [0, 0.1) is 10.1 Å². The van der Waals surface area contributed by atoms with Crippen LogP contribution in [0.15, 0.2) is 21.5 Å². The lowest BCUT2D eigenvalue weighted by atomic mass is 10.4. The molecule has 0 radical (unpaired) electrons. The predicted molar refractivity (Wildman–Crippen MR) is 89.9 cm³/mol. The molecule has 6 nitrogen and oxygen atoms in total. The van der Waals surface area contributed by atoms with Crippen LogP contribution >= 0.6 is 23.5 Å². The standard InChI is InChI=1S/C13H21N3O3S2/c1-15(2)8-11-4-5-12(19-11)10-21-7-6-14-13(20-3)9-16(17)18/h4-5H,6-10H2,1-3H3. The second-order valence-corrected chi connectivity index (χ2v) is 6.61. The number of furan rings is 1. The zero-order chi connectivity index (χ0) is 15.7. The number of nitro groups is 1. The largest absolute Gasteiger partial charge is 0.464 e. The molecule has 0 saturated carbocycles. The second-order valence-electron chi connectivity index (χ2n) is 4.63. The van der Waals surface area contributed by atoms with E-state index in [4.69, 9.17) is 4.42 Å². The van der Waals surface area contributed by atoms with Gasteiger partial charge in [-0.2, -0.15) is 11.8 Å². The van der Waals surface area contributed by atoms with Crippen LogP contribution in [0.1, 0.15) is 11.5 Å². The first-order chi connectivity index (χ1) is 10.0. The quantitative estimate of drug-likeness (QED) is 0.228. The smallest absolute Gasteiger partial charge is 0.250 e. The van der Waals surface area contributed by atoms with E-state index < -0.39 is 0 Å². The number of nitrogens with zero attached hydrogens (tertiary/aromatic N) is 3. The van der Waals surface area contributed by atoms with Crippen LogP contribution in [0.3, 0.4) is 0 Å². The van der Waals surface area contributed by atoms with Gasteiger partial charge in [0, 0.05) is 17.2 Å². The van der Waals surface area contributed by atoms with Gasteiger partial charge in [-0.3, -0.25) is 15.1 Å². The van der Waals surface area contributed by atoms with Crippen molar-refractivity contribution in [3.63, 3.8) is 0 Å². The third-order valence-corrected chi connectivity index (χ3v) is 4.15. The van der Waals surface area contributed by atoms with E-state index >= 15 is 0 Å². The fourth-order valence-corrected chi connectivity index (χ4v) is 2.77. The summed E-state index contributed by atoms with van der Waals surface area (Å²) in [6, 6.07) is 3.99. The number of thioether (sulfide) groups is 2. The molecule has 21 heavy (non-hydrogen) atoms. The van der Waals surface area contributed by atoms with E-state index in [1.165, 1.54) is 11.8 Å². The summed E-state index contributed by atoms with van der Waals surface area (Å²) >= 11 is 3.05. The van der Waals surface area contributed by atoms with Crippen LogP contribution < -0.4 is 0 Å². The van der Waals surface area contributed by atoms with E-state index in [1.807, 2.05) is 32.5 Å². The summed E-state index contributed by atoms with van der Waals surface area (Å²) in [6.45, 7) is 1.21. The fourth-order valence-electron chi connectivity index (χ4n) is 1.59. The minimum atomic E-state index is -0.350. The highest BCUT2D eigenvalue weighted by molar-refractivity contribution is 8.13. The fraction of sp³-hybridized carbons (Fsp3) is 0.615. The van der Waals surface area contributed by atoms with E-state index in [0.29, 0.717) is 11.6 Å². The van der Waals surface area contributed by atoms with Gasteiger partial charge in [0.1, 0.15) is 16.6 Å². The molecular weight excluding hydrogens is 310 g/mol. The van der Waals surface area contributed by atoms with Crippen LogP contribution in [-0.2, 0) is 12.3 Å². The van der Waals surface area contributed by atoms with Gasteiger partial charge in [-0.25, -0.2) is 0 Å². The van der Waals surface area contributed by atoms with Crippen molar-refractivity contribution < 1.29 is 9.34 Å². The number of aliphatic imine (C=N–C) groups is 1. The third kappa shape index (κ3) is 8.13. The van der Waals surface area contributed by atoms with Crippen molar-refractivity contribution in [2.45, 2.75) is 12.3 Å². The van der Waals surface area contributed by atoms with E-state index in [2.05, 4.69) is 9.89 Å². The third-order valence-electron chi connectivity index (χ3n) is 2.46. The number of hydrogen-bond donors (Lipinski definition) is 0. The van der Waals surface area contributed by atoms with E-state index in [9.17, 15) is 10.1 Å². The summed E-state index contributed by atoms with van der Waals surface area (Å²) in [5.41, 5.74) is 0. The summed E-state index contributed by atoms with van der Waals surface area (Å²) in [4.78, 5) is 16.4. The summed E-state index contributed by atoms with van der Waals surface area (Å²) in [7, 11) is 4.01. The average molecular weight is 331 g/mol. The van der Waals surface area contributed by atoms with Gasteiger partial charge in [0.15, 0.2) is 0 Å². The number of rotatable bonds is 9. The van der Waals surface area contributed by atoms with Gasteiger partial charge in [0.2, 0.25) is 0 Å². The summed E-state index contributed by atoms with van der Waals surface area (Å²) in [5.74, 6) is 3.54. The van der Waals surface area contributed by atoms with E-state index in [1.54, 1.807) is 11.8 Å². The van der Waals surface area contributed by atoms with Crippen molar-refractivity contribution >= 4 is 28.6 Å². The molecule has 0 aliphatic carbocycles. The van der Waals surface area contributed by atoms with Crippen molar-refractivity contribution in [3.05, 3.63) is 33.8 Å². The Labute approximate surface area is 133 Å². The van der Waals surface area contributed by atoms with Crippen molar-refractivity contribution in [2.75, 3.05) is 39.2 Å². The Balaban J connectivity index is 2.26. The van der Waals surface area contributed by atoms with Crippen LogP contribution in [0.2, 0.25) is 0 Å². The molecule has 1 rings (SSSR count). The Morgan fingerprint density at radius 2 is 2.14 bits per heavy atom. The molecule has 0 atom stereocenters. The Morgan fingerprint density at radius 1 is 1.43 bits per heavy atom. The van der Waals surface area contributed by atoms with Crippen LogP contribution in [0.4, 0.5) is 0 Å². The van der Waals surface area contributed by atoms with Crippen molar-refractivity contribution in [3.8, 4) is 0 Å². The Hall–Kier alpha value is -0.990. The second kappa shape index (κ2) is 9.86. The van der Waals surface area contributed by atoms with E-state index in [0.717, 1.165) is 29.6 Å². The first kappa shape index (κ1) is 18.1. The normalized spacial score (nSPS) is 12.1. The molecule has 1 heterocycles. The van der Waals surface area contributed by atoms with Crippen LogP contribution in [-0.4, -0.2) is 54.1 Å². The maximum atomic E-state index is 10.4. The predicted octanol–water partition coefficient (Wildman–Crippen LogP) is 2.61. The van der Waals surface area contributed by atoms with Gasteiger partial charge < -0.3 is 9.32 Å². The highest BCUT2D eigenvalue weighted by atomic mass is 32.2. The minimum absolute atomic E-state index is 0.183. The average Bonchev–Trinajstić information content (AvgIpc) is 2.83. The van der Waals surface area contributed by atoms with Crippen molar-refractivity contribution in [2.24, 2.45) is 4.99 Å². The first-order valence-corrected chi connectivity index (χ1v) is 8.88. The molecule has 0 saturated heterocycles. The molecule has 0 aromatic carbocycles. The minimum Gasteiger partial charge on any atom is -0.464 e. The zero-order valence-electron chi connectivity index (χ0n) is 12.6. The zero-order valence-corrected chi connectivity index (χ0v) is 14.2. The molecule has 1 aromatic rings. The van der Waals surface area contributed by atoms with E-state index in [-0.39, 0.29) is 11.5 Å². The van der Waals surface area contributed by atoms with Crippen molar-refractivity contribution in [1.29, 1.82) is 0 Å². The molecule has 118 valence electrons. The Morgan fingerprint density at radius 3 is 2.76 bits per heavy atom. The molecule has 0 N–H and O–H groups in total. The van der Waals surface area contributed by atoms with Crippen molar-refractivity contribution in [1.82, 2.24) is 4.90 Å². The maximum absolute atomic E-state index is 10.4. The van der Waals surface area contributed by atoms with Gasteiger partial charge in [-0.1, -0.05) is 0 Å². The summed E-state index contributed by atoms with van der Waals surface area (Å²) in [6.07, 6.45) is 1.81. The Bertz CT molecular complexity index is 475. The van der Waals surface area contributed by atoms with Gasteiger partial charge in [-0.15, -0.1) is 11.8 Å². The molecule has 0 unspecified atom stereocenters. The lowest BCUT2D eigenvalue weighted by molar-refractivity contribution is -0.462. The lowest BCUT2D eigenvalue weighted by Crippen LogP contribution is -2.11. The van der Waals surface area contributed by atoms with Gasteiger partial charge in [-0.05, 0) is 32.5 Å². The highest BCUT2D eigenvalue weighted by Crippen LogP contribution is 2.16. The molecule has 0 fully saturated rings. The van der Waals surface area contributed by atoms with Gasteiger partial charge in [0.05, 0.1) is 12.3 Å². The van der Waals surface area contributed by atoms with Crippen LogP contribution in [0.5, 0.6) is 0 Å². The molecule has 0 aliphatic heterocycles. The molecule has 0 amide bonds. The maximum Gasteiger partial charge on any atom is 0.250 e. The first-order valence-electron chi connectivity index (χ1n) is 6.50. The molecular formula is C13H21N3O3S2. The van der Waals surface area contributed by atoms with Gasteiger partial charge in [0.25, 0.3) is 6.54 Å². The SMILES string of the molecule is CSC(C[N+](=O)[O-])=NCCSCc1ccc(CN(C)C)o1. The topological polar surface area (TPSA) is 71.9 Å². The van der Waals surface area contributed by atoms with Gasteiger partial charge >= 0.3 is 0 Å². The molecule has 8 heteroatoms. The van der Waals surface area contributed by atoms with Crippen LogP contribution in [0.25, 0.3) is 0 Å². The summed E-state index contributed by atoms with van der Waals surface area (Å²) < 4.78 is 5.70. The Kier molecular flexibility index (Phi) is 8.48. The molecule has 0 aliphatic rings. The monoisotopic (exact) mass is 331 g/mol. The lowest BCUT2D eigenvalue weighted by Gasteiger charge is -2.05. The molecule has 0 spiro atoms. The molecule has 0 bridgehead atoms. The highest BCUT2D eigenvalue weighted by Gasteiger charge is 2.06. The number of hydrogen-bond acceptors (Lipinski definition) is 7. The molecule has 1 aromatic heterocycles. The summed E-state index contributed by atoms with van der Waals surface area (Å²) in [5, 5.41) is 11.0.